The van der Waals surface area contributed by atoms with Crippen LogP contribution in [0.5, 0.6) is 0 Å². The number of fused-ring (bicyclic) bond motifs is 3. The molecule has 0 unspecified atom stereocenters. The highest BCUT2D eigenvalue weighted by Crippen LogP contribution is 2.27. The molecule has 3 amide bonds. The fourth-order valence-corrected chi connectivity index (χ4v) is 5.04. The van der Waals surface area contributed by atoms with E-state index >= 15 is 0 Å². The molecule has 2 aromatic heterocycles. The number of nitrogens with zero attached hydrogens (tertiary/aromatic N) is 5. The summed E-state index contributed by atoms with van der Waals surface area (Å²) in [6.45, 7) is 11.9. The molecular weight excluding hydrogens is 534 g/mol. The fourth-order valence-electron chi connectivity index (χ4n) is 5.04. The Morgan fingerprint density at radius 1 is 1.05 bits per heavy atom. The Morgan fingerprint density at radius 2 is 1.76 bits per heavy atom. The van der Waals surface area contributed by atoms with Crippen LogP contribution in [0.15, 0.2) is 43.3 Å². The van der Waals surface area contributed by atoms with Gasteiger partial charge in [0.25, 0.3) is 11.8 Å². The number of hydrogen-bond donors (Lipinski definition) is 2. The summed E-state index contributed by atoms with van der Waals surface area (Å²) < 4.78 is 7.25. The number of rotatable bonds is 2. The molecule has 1 fully saturated rings. The largest absolute Gasteiger partial charge is 0.444 e. The van der Waals surface area contributed by atoms with Crippen molar-refractivity contribution in [2.75, 3.05) is 38.5 Å². The molecule has 1 saturated heterocycles. The smallest absolute Gasteiger partial charge is 0.410 e. The van der Waals surface area contributed by atoms with Crippen LogP contribution in [0.1, 0.15) is 92.0 Å². The maximum Gasteiger partial charge on any atom is 0.410 e. The SMILES string of the molecule is C=C/C1=C\N(C)CCCCCCNC(=O)c2nn(C3CCN(C(=O)OC(C)(C)C)CC3)cc2NC(=O)c2cccc1n2. The minimum Gasteiger partial charge on any atom is -0.444 e. The molecule has 2 aliphatic heterocycles. The van der Waals surface area contributed by atoms with Gasteiger partial charge in [0.1, 0.15) is 11.3 Å². The van der Waals surface area contributed by atoms with Crippen LogP contribution in [0, 0.1) is 0 Å². The van der Waals surface area contributed by atoms with Crippen LogP contribution in [0.3, 0.4) is 0 Å². The quantitative estimate of drug-likeness (QED) is 0.523. The van der Waals surface area contributed by atoms with Crippen LogP contribution in [0.2, 0.25) is 0 Å². The molecule has 2 aliphatic rings. The minimum atomic E-state index is -0.560. The lowest BCUT2D eigenvalue weighted by molar-refractivity contribution is 0.0184. The van der Waals surface area contributed by atoms with Gasteiger partial charge in [-0.3, -0.25) is 14.3 Å². The molecule has 0 spiro atoms. The number of amides is 3. The van der Waals surface area contributed by atoms with E-state index in [1.807, 2.05) is 40.1 Å². The molecule has 4 heterocycles. The first-order chi connectivity index (χ1) is 20.0. The molecule has 0 atom stereocenters. The maximum absolute atomic E-state index is 13.4. The molecule has 2 aromatic rings. The molecule has 11 nitrogen and oxygen atoms in total. The predicted molar refractivity (Wildman–Crippen MR) is 162 cm³/mol. The average molecular weight is 578 g/mol. The lowest BCUT2D eigenvalue weighted by Crippen LogP contribution is -2.42. The zero-order valence-corrected chi connectivity index (χ0v) is 25.2. The first-order valence-electron chi connectivity index (χ1n) is 14.7. The standard InChI is InChI=1S/C31H43N7O4/c1-6-22-20-36(5)17-10-8-7-9-16-32-29(40)27-26(34-28(39)25-13-11-12-24(22)33-25)21-38(35-27)23-14-18-37(19-15-23)30(41)42-31(2,3)4/h6,11-13,20-21,23H,1,7-10,14-19H2,2-5H3,(H,32,40)(H,34,39)/b22-20+. The lowest BCUT2D eigenvalue weighted by Gasteiger charge is -2.33. The number of piperidine rings is 1. The lowest BCUT2D eigenvalue weighted by atomic mass is 10.1. The number of aromatic nitrogens is 3. The number of hydrogen-bond acceptors (Lipinski definition) is 7. The molecule has 0 radical (unpaired) electrons. The van der Waals surface area contributed by atoms with Gasteiger partial charge >= 0.3 is 6.09 Å². The van der Waals surface area contributed by atoms with Crippen LogP contribution in [0.25, 0.3) is 5.57 Å². The van der Waals surface area contributed by atoms with Crippen molar-refractivity contribution in [1.82, 2.24) is 29.9 Å². The Labute approximate surface area is 248 Å². The number of pyridine rings is 1. The Bertz CT molecular complexity index is 1320. The second kappa shape index (κ2) is 13.7. The van der Waals surface area contributed by atoms with Crippen molar-refractivity contribution in [1.29, 1.82) is 0 Å². The normalized spacial score (nSPS) is 19.4. The van der Waals surface area contributed by atoms with E-state index < -0.39 is 11.5 Å². The predicted octanol–water partition coefficient (Wildman–Crippen LogP) is 4.86. The zero-order chi connectivity index (χ0) is 30.3. The van der Waals surface area contributed by atoms with E-state index in [1.165, 1.54) is 0 Å². The van der Waals surface area contributed by atoms with Crippen molar-refractivity contribution in [3.63, 3.8) is 0 Å². The number of allylic oxidation sites excluding steroid dienone is 2. The van der Waals surface area contributed by atoms with Gasteiger partial charge in [-0.1, -0.05) is 31.6 Å². The third kappa shape index (κ3) is 8.20. The van der Waals surface area contributed by atoms with Crippen molar-refractivity contribution in [2.45, 2.75) is 70.9 Å². The maximum atomic E-state index is 13.4. The van der Waals surface area contributed by atoms with Gasteiger partial charge in [-0.15, -0.1) is 0 Å². The summed E-state index contributed by atoms with van der Waals surface area (Å²) in [5.41, 5.74) is 1.59. The molecule has 2 N–H and O–H groups in total. The summed E-state index contributed by atoms with van der Waals surface area (Å²) in [5, 5.41) is 10.5. The second-order valence-electron chi connectivity index (χ2n) is 11.9. The first-order valence-corrected chi connectivity index (χ1v) is 14.7. The summed E-state index contributed by atoms with van der Waals surface area (Å²) in [6, 6.07) is 5.22. The van der Waals surface area contributed by atoms with Crippen LogP contribution in [-0.4, -0.2) is 81.3 Å². The van der Waals surface area contributed by atoms with Gasteiger partial charge in [-0.25, -0.2) is 9.78 Å². The minimum absolute atomic E-state index is 0.0405. The monoisotopic (exact) mass is 577 g/mol. The number of anilines is 1. The van der Waals surface area contributed by atoms with Crippen molar-refractivity contribution in [2.24, 2.45) is 0 Å². The van der Waals surface area contributed by atoms with Gasteiger partial charge in [-0.2, -0.15) is 5.10 Å². The molecule has 4 rings (SSSR count). The second-order valence-corrected chi connectivity index (χ2v) is 11.9. The van der Waals surface area contributed by atoms with Gasteiger partial charge in [-0.05, 0) is 58.6 Å². The van der Waals surface area contributed by atoms with Gasteiger partial charge in [0.05, 0.1) is 17.4 Å². The van der Waals surface area contributed by atoms with E-state index in [9.17, 15) is 14.4 Å². The molecular formula is C31H43N7O4. The van der Waals surface area contributed by atoms with E-state index in [0.717, 1.165) is 37.8 Å². The van der Waals surface area contributed by atoms with Crippen molar-refractivity contribution in [3.05, 3.63) is 60.3 Å². The third-order valence-electron chi connectivity index (χ3n) is 7.27. The average Bonchev–Trinajstić information content (AvgIpc) is 3.37. The molecule has 11 heteroatoms. The highest BCUT2D eigenvalue weighted by atomic mass is 16.6. The van der Waals surface area contributed by atoms with Crippen LogP contribution in [-0.2, 0) is 4.74 Å². The highest BCUT2D eigenvalue weighted by molar-refractivity contribution is 6.07. The summed E-state index contributed by atoms with van der Waals surface area (Å²) in [4.78, 5) is 47.5. The molecule has 2 bridgehead atoms. The number of carbonyl (C=O) groups excluding carboxylic acids is 3. The molecule has 42 heavy (non-hydrogen) atoms. The third-order valence-corrected chi connectivity index (χ3v) is 7.27. The van der Waals surface area contributed by atoms with Gasteiger partial charge < -0.3 is 25.2 Å². The van der Waals surface area contributed by atoms with Crippen molar-refractivity contribution >= 4 is 29.2 Å². The van der Waals surface area contributed by atoms with Crippen LogP contribution in [0.4, 0.5) is 10.5 Å². The number of carbonyl (C=O) groups is 3. The van der Waals surface area contributed by atoms with Gasteiger partial charge in [0.2, 0.25) is 0 Å². The summed E-state index contributed by atoms with van der Waals surface area (Å²) >= 11 is 0. The fraction of sp³-hybridized carbons (Fsp3) is 0.516. The molecule has 0 aliphatic carbocycles. The molecule has 0 aromatic carbocycles. The number of likely N-dealkylation sites (tertiary alicyclic amines) is 1. The van der Waals surface area contributed by atoms with E-state index in [1.54, 1.807) is 34.0 Å². The topological polar surface area (TPSA) is 122 Å². The van der Waals surface area contributed by atoms with Gasteiger partial charge in [0, 0.05) is 51.2 Å². The van der Waals surface area contributed by atoms with E-state index in [0.29, 0.717) is 43.9 Å². The Morgan fingerprint density at radius 3 is 2.48 bits per heavy atom. The van der Waals surface area contributed by atoms with E-state index in [-0.39, 0.29) is 29.4 Å². The van der Waals surface area contributed by atoms with Crippen molar-refractivity contribution < 1.29 is 19.1 Å². The van der Waals surface area contributed by atoms with E-state index in [4.69, 9.17) is 4.74 Å². The Balaban J connectivity index is 1.57. The van der Waals surface area contributed by atoms with Crippen LogP contribution >= 0.6 is 0 Å². The summed E-state index contributed by atoms with van der Waals surface area (Å²) in [7, 11) is 2.01. The molecule has 226 valence electrons. The number of nitrogens with one attached hydrogen (secondary N) is 2. The first kappa shape index (κ1) is 30.8. The van der Waals surface area contributed by atoms with E-state index in [2.05, 4.69) is 32.2 Å². The Hall–Kier alpha value is -4.15. The van der Waals surface area contributed by atoms with Gasteiger partial charge in [0.15, 0.2) is 5.69 Å². The Kier molecular flexibility index (Phi) is 10.0. The summed E-state index contributed by atoms with van der Waals surface area (Å²) in [6.07, 6.45) is 10.3. The highest BCUT2D eigenvalue weighted by Gasteiger charge is 2.29. The number of ether oxygens (including phenoxy) is 1. The zero-order valence-electron chi connectivity index (χ0n) is 25.2. The summed E-state index contributed by atoms with van der Waals surface area (Å²) in [5.74, 6) is -0.780. The van der Waals surface area contributed by atoms with Crippen molar-refractivity contribution in [3.8, 4) is 0 Å². The molecule has 0 saturated carbocycles. The van der Waals surface area contributed by atoms with Crippen LogP contribution < -0.4 is 10.6 Å².